The second-order valence-corrected chi connectivity index (χ2v) is 8.52. The molecule has 0 aromatic heterocycles. The van der Waals surface area contributed by atoms with Crippen LogP contribution < -0.4 is 10.1 Å². The zero-order valence-electron chi connectivity index (χ0n) is 18.0. The molecule has 0 saturated carbocycles. The van der Waals surface area contributed by atoms with Gasteiger partial charge in [0.1, 0.15) is 5.75 Å². The van der Waals surface area contributed by atoms with Crippen LogP contribution in [0.15, 0.2) is 83.8 Å². The van der Waals surface area contributed by atoms with E-state index in [1.807, 2.05) is 61.5 Å². The summed E-state index contributed by atoms with van der Waals surface area (Å²) in [6.07, 6.45) is 1.68. The van der Waals surface area contributed by atoms with Crippen molar-refractivity contribution < 1.29 is 19.1 Å². The van der Waals surface area contributed by atoms with Crippen LogP contribution in [0.1, 0.15) is 16.7 Å². The molecule has 33 heavy (non-hydrogen) atoms. The summed E-state index contributed by atoms with van der Waals surface area (Å²) in [4.78, 5) is 38.7. The van der Waals surface area contributed by atoms with E-state index in [4.69, 9.17) is 4.74 Å². The van der Waals surface area contributed by atoms with Gasteiger partial charge in [-0.05, 0) is 60.2 Å². The van der Waals surface area contributed by atoms with E-state index in [0.29, 0.717) is 16.3 Å². The van der Waals surface area contributed by atoms with Gasteiger partial charge in [-0.25, -0.2) is 0 Å². The Morgan fingerprint density at radius 2 is 1.67 bits per heavy atom. The van der Waals surface area contributed by atoms with E-state index in [1.165, 1.54) is 4.90 Å². The molecule has 3 aromatic rings. The fourth-order valence-electron chi connectivity index (χ4n) is 3.20. The molecule has 1 saturated heterocycles. The number of rotatable bonds is 7. The van der Waals surface area contributed by atoms with Crippen molar-refractivity contribution in [2.24, 2.45) is 0 Å². The molecule has 6 nitrogen and oxygen atoms in total. The summed E-state index contributed by atoms with van der Waals surface area (Å²) < 4.78 is 5.54. The normalized spacial score (nSPS) is 14.6. The number of nitrogens with one attached hydrogen (secondary N) is 1. The monoisotopic (exact) mass is 458 g/mol. The smallest absolute Gasteiger partial charge is 0.293 e. The number of hydrogen-bond donors (Lipinski definition) is 1. The summed E-state index contributed by atoms with van der Waals surface area (Å²) in [5, 5.41) is 2.50. The number of aryl methyl sites for hydroxylation is 1. The van der Waals surface area contributed by atoms with E-state index in [-0.39, 0.29) is 30.2 Å². The van der Waals surface area contributed by atoms with Crippen molar-refractivity contribution in [3.8, 4) is 5.75 Å². The molecule has 0 spiro atoms. The Balaban J connectivity index is 1.33. The Kier molecular flexibility index (Phi) is 6.90. The van der Waals surface area contributed by atoms with E-state index < -0.39 is 0 Å². The Labute approximate surface area is 196 Å². The van der Waals surface area contributed by atoms with Gasteiger partial charge in [0.15, 0.2) is 6.61 Å². The molecule has 0 bridgehead atoms. The SMILES string of the molecule is Cc1ccc(NC(=O)COc2ccc(/C=C3/SC(=O)N(Cc4ccccc4)C3=O)cc2)cc1. The average molecular weight is 459 g/mol. The first kappa shape index (κ1) is 22.4. The lowest BCUT2D eigenvalue weighted by atomic mass is 10.2. The van der Waals surface area contributed by atoms with Gasteiger partial charge in [0.2, 0.25) is 0 Å². The van der Waals surface area contributed by atoms with Crippen LogP contribution in [0.4, 0.5) is 10.5 Å². The average Bonchev–Trinajstić information content (AvgIpc) is 3.08. The number of nitrogens with zero attached hydrogens (tertiary/aromatic N) is 1. The second kappa shape index (κ2) is 10.2. The maximum atomic E-state index is 12.7. The first-order chi connectivity index (χ1) is 16.0. The van der Waals surface area contributed by atoms with E-state index in [0.717, 1.165) is 28.5 Å². The van der Waals surface area contributed by atoms with E-state index in [1.54, 1.807) is 30.3 Å². The second-order valence-electron chi connectivity index (χ2n) is 7.53. The number of benzene rings is 3. The topological polar surface area (TPSA) is 75.7 Å². The maximum Gasteiger partial charge on any atom is 0.293 e. The van der Waals surface area contributed by atoms with Crippen molar-refractivity contribution >= 4 is 40.6 Å². The quantitative estimate of drug-likeness (QED) is 0.490. The van der Waals surface area contributed by atoms with Crippen LogP contribution in [0, 0.1) is 6.92 Å². The van der Waals surface area contributed by atoms with Crippen LogP contribution in [-0.4, -0.2) is 28.6 Å². The molecule has 4 rings (SSSR count). The fraction of sp³-hybridized carbons (Fsp3) is 0.115. The molecule has 1 fully saturated rings. The van der Waals surface area contributed by atoms with Crippen molar-refractivity contribution in [1.29, 1.82) is 0 Å². The minimum atomic E-state index is -0.304. The van der Waals surface area contributed by atoms with Gasteiger partial charge in [0.05, 0.1) is 11.4 Å². The molecule has 0 atom stereocenters. The number of amides is 3. The first-order valence-corrected chi connectivity index (χ1v) is 11.2. The van der Waals surface area contributed by atoms with Crippen molar-refractivity contribution in [3.63, 3.8) is 0 Å². The van der Waals surface area contributed by atoms with Gasteiger partial charge in [-0.1, -0.05) is 60.2 Å². The predicted octanol–water partition coefficient (Wildman–Crippen LogP) is 5.25. The van der Waals surface area contributed by atoms with Gasteiger partial charge in [0, 0.05) is 5.69 Å². The van der Waals surface area contributed by atoms with Gasteiger partial charge in [-0.15, -0.1) is 0 Å². The molecule has 7 heteroatoms. The number of ether oxygens (including phenoxy) is 1. The van der Waals surface area contributed by atoms with Gasteiger partial charge < -0.3 is 10.1 Å². The van der Waals surface area contributed by atoms with Crippen LogP contribution in [0.3, 0.4) is 0 Å². The van der Waals surface area contributed by atoms with E-state index >= 15 is 0 Å². The molecular formula is C26H22N2O4S. The molecule has 166 valence electrons. The van der Waals surface area contributed by atoms with Crippen LogP contribution >= 0.6 is 11.8 Å². The maximum absolute atomic E-state index is 12.7. The molecule has 1 N–H and O–H groups in total. The lowest BCUT2D eigenvalue weighted by molar-refractivity contribution is -0.123. The zero-order valence-corrected chi connectivity index (χ0v) is 18.8. The molecule has 3 aromatic carbocycles. The van der Waals surface area contributed by atoms with E-state index in [2.05, 4.69) is 5.32 Å². The third-order valence-corrected chi connectivity index (χ3v) is 5.85. The van der Waals surface area contributed by atoms with E-state index in [9.17, 15) is 14.4 Å². The van der Waals surface area contributed by atoms with Gasteiger partial charge in [-0.2, -0.15) is 0 Å². The summed E-state index contributed by atoms with van der Waals surface area (Å²) in [6, 6.07) is 23.9. The first-order valence-electron chi connectivity index (χ1n) is 10.4. The van der Waals surface area contributed by atoms with Crippen LogP contribution in [0.2, 0.25) is 0 Å². The van der Waals surface area contributed by atoms with Crippen molar-refractivity contribution in [1.82, 2.24) is 4.90 Å². The Bertz CT molecular complexity index is 1190. The van der Waals surface area contributed by atoms with Crippen molar-refractivity contribution in [2.45, 2.75) is 13.5 Å². The molecule has 1 aliphatic heterocycles. The number of anilines is 1. The Morgan fingerprint density at radius 1 is 0.970 bits per heavy atom. The highest BCUT2D eigenvalue weighted by Gasteiger charge is 2.34. The fourth-order valence-corrected chi connectivity index (χ4v) is 4.04. The summed E-state index contributed by atoms with van der Waals surface area (Å²) in [6.45, 7) is 2.11. The van der Waals surface area contributed by atoms with Crippen LogP contribution in [0.5, 0.6) is 5.75 Å². The number of imide groups is 1. The molecule has 0 aliphatic carbocycles. The number of carbonyl (C=O) groups is 3. The summed E-state index contributed by atoms with van der Waals surface area (Å²) in [5.41, 5.74) is 3.49. The molecule has 0 radical (unpaired) electrons. The number of thioether (sulfide) groups is 1. The number of carbonyl (C=O) groups excluding carboxylic acids is 3. The minimum absolute atomic E-state index is 0.119. The molecule has 3 amide bonds. The van der Waals surface area contributed by atoms with Gasteiger partial charge >= 0.3 is 0 Å². The highest BCUT2D eigenvalue weighted by Crippen LogP contribution is 2.33. The lowest BCUT2D eigenvalue weighted by Crippen LogP contribution is -2.27. The molecular weight excluding hydrogens is 436 g/mol. The third-order valence-electron chi connectivity index (χ3n) is 4.94. The van der Waals surface area contributed by atoms with Gasteiger partial charge in [-0.3, -0.25) is 19.3 Å². The largest absolute Gasteiger partial charge is 0.484 e. The highest BCUT2D eigenvalue weighted by atomic mass is 32.2. The summed E-state index contributed by atoms with van der Waals surface area (Å²) in [5.74, 6) is -0.0274. The highest BCUT2D eigenvalue weighted by molar-refractivity contribution is 8.18. The summed E-state index contributed by atoms with van der Waals surface area (Å²) >= 11 is 0.930. The van der Waals surface area contributed by atoms with Crippen LogP contribution in [0.25, 0.3) is 6.08 Å². The Hall–Kier alpha value is -3.84. The van der Waals surface area contributed by atoms with Crippen molar-refractivity contribution in [2.75, 3.05) is 11.9 Å². The number of hydrogen-bond acceptors (Lipinski definition) is 5. The lowest BCUT2D eigenvalue weighted by Gasteiger charge is -2.12. The molecule has 0 unspecified atom stereocenters. The third kappa shape index (κ3) is 5.90. The van der Waals surface area contributed by atoms with Crippen LogP contribution in [-0.2, 0) is 16.1 Å². The predicted molar refractivity (Wildman–Crippen MR) is 130 cm³/mol. The minimum Gasteiger partial charge on any atom is -0.484 e. The molecule has 1 heterocycles. The Morgan fingerprint density at radius 3 is 2.36 bits per heavy atom. The zero-order chi connectivity index (χ0) is 23.2. The molecule has 1 aliphatic rings. The standard InChI is InChI=1S/C26H22N2O4S/c1-18-7-11-21(12-8-18)27-24(29)17-32-22-13-9-19(10-14-22)15-23-25(30)28(26(31)33-23)16-20-5-3-2-4-6-20/h2-15H,16-17H2,1H3,(H,27,29)/b23-15+. The van der Waals surface area contributed by atoms with Gasteiger partial charge in [0.25, 0.3) is 17.1 Å². The summed E-state index contributed by atoms with van der Waals surface area (Å²) in [7, 11) is 0. The van der Waals surface area contributed by atoms with Crippen molar-refractivity contribution in [3.05, 3.63) is 100 Å².